The normalized spacial score (nSPS) is 28.6. The Morgan fingerprint density at radius 2 is 2.21 bits per heavy atom. The average Bonchev–Trinajstić information content (AvgIpc) is 2.89. The molecule has 2 saturated heterocycles. The number of hydrogen-bond donors (Lipinski definition) is 3. The van der Waals surface area contributed by atoms with Crippen molar-refractivity contribution in [2.24, 2.45) is 17.0 Å². The van der Waals surface area contributed by atoms with Crippen molar-refractivity contribution in [3.63, 3.8) is 0 Å². The maximum Gasteiger partial charge on any atom is 0.274 e. The van der Waals surface area contributed by atoms with Gasteiger partial charge in [-0.1, -0.05) is 0 Å². The Labute approximate surface area is 114 Å². The van der Waals surface area contributed by atoms with Crippen LogP contribution in [-0.2, 0) is 15.0 Å². The zero-order valence-electron chi connectivity index (χ0n) is 11.0. The van der Waals surface area contributed by atoms with E-state index in [0.717, 1.165) is 38.9 Å². The Morgan fingerprint density at radius 3 is 2.84 bits per heavy atom. The molecule has 0 bridgehead atoms. The quantitative estimate of drug-likeness (QED) is 0.594. The molecule has 0 saturated carbocycles. The number of amides is 1. The molecule has 7 nitrogen and oxygen atoms in total. The minimum Gasteiger partial charge on any atom is -0.342 e. The molecule has 110 valence electrons. The molecule has 0 radical (unpaired) electrons. The van der Waals surface area contributed by atoms with E-state index in [1.54, 1.807) is 0 Å². The first kappa shape index (κ1) is 14.7. The summed E-state index contributed by atoms with van der Waals surface area (Å²) >= 11 is 0. The third-order valence-corrected chi connectivity index (χ3v) is 4.38. The predicted octanol–water partition coefficient (Wildman–Crippen LogP) is -1.37. The van der Waals surface area contributed by atoms with Crippen LogP contribution in [0.5, 0.6) is 0 Å². The van der Waals surface area contributed by atoms with E-state index in [1.165, 1.54) is 0 Å². The van der Waals surface area contributed by atoms with Crippen molar-refractivity contribution in [1.29, 1.82) is 0 Å². The standard InChI is InChI=1S/C11H22N4O3S/c12-19(17,18)14-6-9-2-1-5-15(8-9)11(16)10-3-4-13-7-10/h9-10,13-14H,1-8H2,(H2,12,17,18). The van der Waals surface area contributed by atoms with E-state index in [0.29, 0.717) is 13.1 Å². The van der Waals surface area contributed by atoms with Gasteiger partial charge in [0, 0.05) is 26.2 Å². The molecule has 19 heavy (non-hydrogen) atoms. The first-order valence-electron chi connectivity index (χ1n) is 6.72. The van der Waals surface area contributed by atoms with Crippen molar-refractivity contribution in [1.82, 2.24) is 14.9 Å². The van der Waals surface area contributed by atoms with Gasteiger partial charge in [0.1, 0.15) is 0 Å². The predicted molar refractivity (Wildman–Crippen MR) is 71.4 cm³/mol. The van der Waals surface area contributed by atoms with Crippen molar-refractivity contribution in [3.8, 4) is 0 Å². The molecule has 0 aromatic rings. The largest absolute Gasteiger partial charge is 0.342 e. The first-order chi connectivity index (χ1) is 8.96. The lowest BCUT2D eigenvalue weighted by molar-refractivity contribution is -0.136. The van der Waals surface area contributed by atoms with E-state index in [9.17, 15) is 13.2 Å². The molecule has 2 fully saturated rings. The molecule has 4 N–H and O–H groups in total. The summed E-state index contributed by atoms with van der Waals surface area (Å²) in [4.78, 5) is 14.1. The van der Waals surface area contributed by atoms with Gasteiger partial charge in [0.25, 0.3) is 10.2 Å². The summed E-state index contributed by atoms with van der Waals surface area (Å²) in [5.41, 5.74) is 0. The number of nitrogens with one attached hydrogen (secondary N) is 2. The number of carbonyl (C=O) groups excluding carboxylic acids is 1. The van der Waals surface area contributed by atoms with Crippen LogP contribution < -0.4 is 15.2 Å². The summed E-state index contributed by atoms with van der Waals surface area (Å²) in [6.07, 6.45) is 2.74. The fourth-order valence-corrected chi connectivity index (χ4v) is 3.26. The Balaban J connectivity index is 1.84. The Bertz CT molecular complexity index is 420. The van der Waals surface area contributed by atoms with E-state index in [4.69, 9.17) is 5.14 Å². The van der Waals surface area contributed by atoms with Gasteiger partial charge in [-0.15, -0.1) is 0 Å². The smallest absolute Gasteiger partial charge is 0.274 e. The summed E-state index contributed by atoms with van der Waals surface area (Å²) in [5, 5.41) is 8.11. The van der Waals surface area contributed by atoms with Gasteiger partial charge >= 0.3 is 0 Å². The van der Waals surface area contributed by atoms with E-state index in [2.05, 4.69) is 10.0 Å². The molecule has 0 spiro atoms. The fourth-order valence-electron chi connectivity index (χ4n) is 2.79. The topological polar surface area (TPSA) is 105 Å². The summed E-state index contributed by atoms with van der Waals surface area (Å²) in [5.74, 6) is 0.445. The second kappa shape index (κ2) is 6.17. The number of hydrogen-bond acceptors (Lipinski definition) is 4. The summed E-state index contributed by atoms with van der Waals surface area (Å²) < 4.78 is 24.1. The maximum atomic E-state index is 12.3. The highest BCUT2D eigenvalue weighted by Crippen LogP contribution is 2.20. The number of likely N-dealkylation sites (tertiary alicyclic amines) is 1. The van der Waals surface area contributed by atoms with Gasteiger partial charge in [0.2, 0.25) is 5.91 Å². The minimum atomic E-state index is -3.64. The van der Waals surface area contributed by atoms with Gasteiger partial charge in [0.15, 0.2) is 0 Å². The van der Waals surface area contributed by atoms with Crippen molar-refractivity contribution in [3.05, 3.63) is 0 Å². The molecule has 2 rings (SSSR count). The second-order valence-electron chi connectivity index (χ2n) is 5.38. The molecular formula is C11H22N4O3S. The average molecular weight is 290 g/mol. The Morgan fingerprint density at radius 1 is 1.42 bits per heavy atom. The zero-order chi connectivity index (χ0) is 13.9. The Kier molecular flexibility index (Phi) is 4.77. The number of nitrogens with two attached hydrogens (primary N) is 1. The molecule has 0 aromatic carbocycles. The van der Waals surface area contributed by atoms with Crippen LogP contribution in [0.2, 0.25) is 0 Å². The molecule has 2 heterocycles. The molecular weight excluding hydrogens is 268 g/mol. The third kappa shape index (κ3) is 4.41. The van der Waals surface area contributed by atoms with Gasteiger partial charge in [0.05, 0.1) is 5.92 Å². The SMILES string of the molecule is NS(=O)(=O)NCC1CCCN(C(=O)C2CCNC2)C1. The highest BCUT2D eigenvalue weighted by atomic mass is 32.2. The molecule has 2 unspecified atom stereocenters. The van der Waals surface area contributed by atoms with E-state index in [-0.39, 0.29) is 17.7 Å². The van der Waals surface area contributed by atoms with Crippen LogP contribution in [0.1, 0.15) is 19.3 Å². The van der Waals surface area contributed by atoms with Crippen molar-refractivity contribution < 1.29 is 13.2 Å². The van der Waals surface area contributed by atoms with Gasteiger partial charge in [-0.05, 0) is 31.7 Å². The van der Waals surface area contributed by atoms with Crippen LogP contribution in [-0.4, -0.2) is 51.9 Å². The van der Waals surface area contributed by atoms with Gasteiger partial charge in [-0.2, -0.15) is 8.42 Å². The summed E-state index contributed by atoms with van der Waals surface area (Å²) in [6.45, 7) is 3.38. The van der Waals surface area contributed by atoms with Crippen molar-refractivity contribution in [2.45, 2.75) is 19.3 Å². The van der Waals surface area contributed by atoms with Crippen LogP contribution >= 0.6 is 0 Å². The lowest BCUT2D eigenvalue weighted by Crippen LogP contribution is -2.46. The van der Waals surface area contributed by atoms with Gasteiger partial charge in [-0.3, -0.25) is 4.79 Å². The van der Waals surface area contributed by atoms with Crippen LogP contribution in [0.4, 0.5) is 0 Å². The van der Waals surface area contributed by atoms with Crippen LogP contribution in [0.15, 0.2) is 0 Å². The third-order valence-electron chi connectivity index (χ3n) is 3.81. The maximum absolute atomic E-state index is 12.3. The molecule has 0 aromatic heterocycles. The monoisotopic (exact) mass is 290 g/mol. The van der Waals surface area contributed by atoms with E-state index in [1.807, 2.05) is 4.90 Å². The highest BCUT2D eigenvalue weighted by Gasteiger charge is 2.30. The molecule has 2 aliphatic rings. The highest BCUT2D eigenvalue weighted by molar-refractivity contribution is 7.87. The van der Waals surface area contributed by atoms with E-state index >= 15 is 0 Å². The number of nitrogens with zero attached hydrogens (tertiary/aromatic N) is 1. The molecule has 8 heteroatoms. The number of carbonyl (C=O) groups is 1. The zero-order valence-corrected chi connectivity index (χ0v) is 11.8. The molecule has 2 aliphatic heterocycles. The fraction of sp³-hybridized carbons (Fsp3) is 0.909. The van der Waals surface area contributed by atoms with Crippen molar-refractivity contribution in [2.75, 3.05) is 32.7 Å². The molecule has 0 aliphatic carbocycles. The lowest BCUT2D eigenvalue weighted by Gasteiger charge is -2.34. The van der Waals surface area contributed by atoms with Crippen LogP contribution in [0.3, 0.4) is 0 Å². The minimum absolute atomic E-state index is 0.0879. The Hall–Kier alpha value is -0.700. The number of rotatable bonds is 4. The molecule has 2 atom stereocenters. The lowest BCUT2D eigenvalue weighted by atomic mass is 9.96. The summed E-state index contributed by atoms with van der Waals surface area (Å²) in [6, 6.07) is 0. The van der Waals surface area contributed by atoms with E-state index < -0.39 is 10.2 Å². The van der Waals surface area contributed by atoms with Crippen LogP contribution in [0, 0.1) is 11.8 Å². The second-order valence-corrected chi connectivity index (χ2v) is 6.75. The first-order valence-corrected chi connectivity index (χ1v) is 8.27. The number of piperidine rings is 1. The summed E-state index contributed by atoms with van der Waals surface area (Å²) in [7, 11) is -3.64. The van der Waals surface area contributed by atoms with Crippen LogP contribution in [0.25, 0.3) is 0 Å². The van der Waals surface area contributed by atoms with Gasteiger partial charge < -0.3 is 10.2 Å². The van der Waals surface area contributed by atoms with Crippen molar-refractivity contribution >= 4 is 16.1 Å². The molecule has 1 amide bonds. The van der Waals surface area contributed by atoms with Gasteiger partial charge in [-0.25, -0.2) is 9.86 Å².